The van der Waals surface area contributed by atoms with Crippen LogP contribution in [0.4, 0.5) is 0 Å². The number of hydrogen-bond donors (Lipinski definition) is 1. The zero-order valence-electron chi connectivity index (χ0n) is 11.5. The molecule has 2 nitrogen and oxygen atoms in total. The van der Waals surface area contributed by atoms with E-state index in [9.17, 15) is 0 Å². The fraction of sp³-hybridized carbons (Fsp3) is 0.600. The minimum Gasteiger partial charge on any atom is -0.379 e. The molecule has 0 heterocycles. The summed E-state index contributed by atoms with van der Waals surface area (Å²) in [7, 11) is 0. The number of benzene rings is 1. The minimum atomic E-state index is 0.312. The van der Waals surface area contributed by atoms with E-state index in [-0.39, 0.29) is 0 Å². The van der Waals surface area contributed by atoms with Gasteiger partial charge in [0.25, 0.3) is 0 Å². The van der Waals surface area contributed by atoms with E-state index in [4.69, 9.17) is 4.74 Å². The Hall–Kier alpha value is -0.860. The summed E-state index contributed by atoms with van der Waals surface area (Å²) in [5.74, 6) is 0. The summed E-state index contributed by atoms with van der Waals surface area (Å²) in [6.07, 6.45) is 1.08. The molecule has 0 aliphatic heterocycles. The molecular weight excluding hydrogens is 210 g/mol. The lowest BCUT2D eigenvalue weighted by Crippen LogP contribution is -2.26. The highest BCUT2D eigenvalue weighted by Crippen LogP contribution is 2.20. The molecule has 0 spiro atoms. The smallest absolute Gasteiger partial charge is 0.0661 e. The van der Waals surface area contributed by atoms with Gasteiger partial charge in [-0.2, -0.15) is 0 Å². The molecular formula is C15H25NO. The number of nitrogens with one attached hydrogen (secondary N) is 1. The van der Waals surface area contributed by atoms with Crippen LogP contribution in [0, 0.1) is 13.8 Å². The van der Waals surface area contributed by atoms with Crippen LogP contribution in [0.15, 0.2) is 18.2 Å². The van der Waals surface area contributed by atoms with Crippen molar-refractivity contribution in [3.63, 3.8) is 0 Å². The topological polar surface area (TPSA) is 21.3 Å². The quantitative estimate of drug-likeness (QED) is 0.732. The van der Waals surface area contributed by atoms with Crippen molar-refractivity contribution in [1.29, 1.82) is 0 Å². The van der Waals surface area contributed by atoms with Gasteiger partial charge in [0, 0.05) is 6.61 Å². The summed E-state index contributed by atoms with van der Waals surface area (Å²) in [6, 6.07) is 6.80. The van der Waals surface area contributed by atoms with Crippen LogP contribution in [-0.4, -0.2) is 19.8 Å². The van der Waals surface area contributed by atoms with Crippen molar-refractivity contribution in [2.45, 2.75) is 40.2 Å². The van der Waals surface area contributed by atoms with Crippen molar-refractivity contribution in [1.82, 2.24) is 5.32 Å². The van der Waals surface area contributed by atoms with Crippen molar-refractivity contribution < 1.29 is 4.74 Å². The lowest BCUT2D eigenvalue weighted by atomic mass is 9.98. The van der Waals surface area contributed by atoms with Gasteiger partial charge in [0.15, 0.2) is 0 Å². The van der Waals surface area contributed by atoms with E-state index in [0.717, 1.165) is 26.2 Å². The molecule has 0 radical (unpaired) electrons. The summed E-state index contributed by atoms with van der Waals surface area (Å²) in [4.78, 5) is 0. The molecule has 17 heavy (non-hydrogen) atoms. The average molecular weight is 235 g/mol. The van der Waals surface area contributed by atoms with E-state index in [2.05, 4.69) is 51.2 Å². The molecule has 0 saturated carbocycles. The van der Waals surface area contributed by atoms with Crippen LogP contribution in [0.3, 0.4) is 0 Å². The van der Waals surface area contributed by atoms with Crippen LogP contribution in [0.25, 0.3) is 0 Å². The van der Waals surface area contributed by atoms with Crippen molar-refractivity contribution in [3.05, 3.63) is 34.9 Å². The molecule has 0 aromatic heterocycles. The SMILES string of the molecule is CCCOCC(NCC)c1cccc(C)c1C. The van der Waals surface area contributed by atoms with E-state index in [0.29, 0.717) is 6.04 Å². The van der Waals surface area contributed by atoms with Gasteiger partial charge in [-0.3, -0.25) is 0 Å². The number of hydrogen-bond acceptors (Lipinski definition) is 2. The standard InChI is InChI=1S/C15H25NO/c1-5-10-17-11-15(16-6-2)14-9-7-8-12(3)13(14)4/h7-9,15-16H,5-6,10-11H2,1-4H3. The molecule has 0 bridgehead atoms. The second kappa shape index (κ2) is 7.46. The molecule has 0 saturated heterocycles. The predicted molar refractivity (Wildman–Crippen MR) is 73.4 cm³/mol. The van der Waals surface area contributed by atoms with Crippen LogP contribution in [0.5, 0.6) is 0 Å². The summed E-state index contributed by atoms with van der Waals surface area (Å²) >= 11 is 0. The lowest BCUT2D eigenvalue weighted by molar-refractivity contribution is 0.112. The minimum absolute atomic E-state index is 0.312. The van der Waals surface area contributed by atoms with Gasteiger partial charge in [-0.25, -0.2) is 0 Å². The van der Waals surface area contributed by atoms with Crippen LogP contribution in [0.2, 0.25) is 0 Å². The summed E-state index contributed by atoms with van der Waals surface area (Å²) in [5, 5.41) is 3.50. The second-order valence-corrected chi connectivity index (χ2v) is 4.47. The highest BCUT2D eigenvalue weighted by molar-refractivity contribution is 5.35. The van der Waals surface area contributed by atoms with Gasteiger partial charge in [-0.1, -0.05) is 32.0 Å². The number of ether oxygens (including phenoxy) is 1. The Morgan fingerprint density at radius 1 is 1.24 bits per heavy atom. The van der Waals surface area contributed by atoms with Crippen LogP contribution < -0.4 is 5.32 Å². The van der Waals surface area contributed by atoms with Gasteiger partial charge >= 0.3 is 0 Å². The highest BCUT2D eigenvalue weighted by Gasteiger charge is 2.13. The van der Waals surface area contributed by atoms with Gasteiger partial charge in [0.05, 0.1) is 12.6 Å². The largest absolute Gasteiger partial charge is 0.379 e. The Kier molecular flexibility index (Phi) is 6.23. The van der Waals surface area contributed by atoms with Gasteiger partial charge in [-0.15, -0.1) is 0 Å². The number of aryl methyl sites for hydroxylation is 1. The first kappa shape index (κ1) is 14.2. The molecule has 2 heteroatoms. The monoisotopic (exact) mass is 235 g/mol. The van der Waals surface area contributed by atoms with E-state index in [1.807, 2.05) is 0 Å². The van der Waals surface area contributed by atoms with E-state index >= 15 is 0 Å². The summed E-state index contributed by atoms with van der Waals surface area (Å²) in [5.41, 5.74) is 4.09. The van der Waals surface area contributed by atoms with E-state index in [1.165, 1.54) is 16.7 Å². The van der Waals surface area contributed by atoms with Gasteiger partial charge < -0.3 is 10.1 Å². The van der Waals surface area contributed by atoms with Gasteiger partial charge in [0.2, 0.25) is 0 Å². The van der Waals surface area contributed by atoms with Crippen LogP contribution >= 0.6 is 0 Å². The normalized spacial score (nSPS) is 12.7. The third-order valence-electron chi connectivity index (χ3n) is 3.11. The van der Waals surface area contributed by atoms with Crippen LogP contribution in [-0.2, 0) is 4.74 Å². The second-order valence-electron chi connectivity index (χ2n) is 4.47. The summed E-state index contributed by atoms with van der Waals surface area (Å²) in [6.45, 7) is 11.2. The van der Waals surface area contributed by atoms with Crippen LogP contribution in [0.1, 0.15) is 43.0 Å². The molecule has 0 aliphatic rings. The maximum Gasteiger partial charge on any atom is 0.0661 e. The van der Waals surface area contributed by atoms with Crippen molar-refractivity contribution in [2.75, 3.05) is 19.8 Å². The molecule has 1 unspecified atom stereocenters. The average Bonchev–Trinajstić information content (AvgIpc) is 2.32. The Labute approximate surface area is 105 Å². The van der Waals surface area contributed by atoms with Crippen molar-refractivity contribution >= 4 is 0 Å². The fourth-order valence-corrected chi connectivity index (χ4v) is 2.00. The van der Waals surface area contributed by atoms with Gasteiger partial charge in [-0.05, 0) is 43.5 Å². The zero-order chi connectivity index (χ0) is 12.7. The first-order chi connectivity index (χ1) is 8.20. The molecule has 1 atom stereocenters. The molecule has 0 fully saturated rings. The maximum absolute atomic E-state index is 5.68. The lowest BCUT2D eigenvalue weighted by Gasteiger charge is -2.21. The maximum atomic E-state index is 5.68. The van der Waals surface area contributed by atoms with Crippen molar-refractivity contribution in [3.8, 4) is 0 Å². The Balaban J connectivity index is 2.77. The molecule has 1 aromatic rings. The van der Waals surface area contributed by atoms with Crippen molar-refractivity contribution in [2.24, 2.45) is 0 Å². The Morgan fingerprint density at radius 3 is 2.65 bits per heavy atom. The molecule has 0 amide bonds. The van der Waals surface area contributed by atoms with Gasteiger partial charge in [0.1, 0.15) is 0 Å². The Morgan fingerprint density at radius 2 is 2.00 bits per heavy atom. The molecule has 1 rings (SSSR count). The predicted octanol–water partition coefficient (Wildman–Crippen LogP) is 3.38. The third kappa shape index (κ3) is 4.14. The van der Waals surface area contributed by atoms with E-state index in [1.54, 1.807) is 0 Å². The number of rotatable bonds is 7. The highest BCUT2D eigenvalue weighted by atomic mass is 16.5. The zero-order valence-corrected chi connectivity index (χ0v) is 11.5. The first-order valence-corrected chi connectivity index (χ1v) is 6.57. The summed E-state index contributed by atoms with van der Waals surface area (Å²) < 4.78 is 5.68. The first-order valence-electron chi connectivity index (χ1n) is 6.57. The molecule has 1 N–H and O–H groups in total. The molecule has 1 aromatic carbocycles. The third-order valence-corrected chi connectivity index (χ3v) is 3.11. The molecule has 96 valence electrons. The molecule has 0 aliphatic carbocycles. The number of likely N-dealkylation sites (N-methyl/N-ethyl adjacent to an activating group) is 1. The fourth-order valence-electron chi connectivity index (χ4n) is 2.00. The Bertz CT molecular complexity index is 336. The van der Waals surface area contributed by atoms with E-state index < -0.39 is 0 Å².